The van der Waals surface area contributed by atoms with Gasteiger partial charge in [0.25, 0.3) is 0 Å². The molecule has 38 heavy (non-hydrogen) atoms. The second-order valence-electron chi connectivity index (χ2n) is 16.0. The van der Waals surface area contributed by atoms with Crippen molar-refractivity contribution in [3.8, 4) is 6.07 Å². The number of hydrogen-bond acceptors (Lipinski definition) is 4. The summed E-state index contributed by atoms with van der Waals surface area (Å²) in [4.78, 5) is 44.8. The Balaban J connectivity index is 1.58. The van der Waals surface area contributed by atoms with Gasteiger partial charge < -0.3 is 4.90 Å². The van der Waals surface area contributed by atoms with Gasteiger partial charge in [0.2, 0.25) is 5.91 Å². The smallest absolute Gasteiger partial charge is 0.230 e. The first-order valence-corrected chi connectivity index (χ1v) is 15.1. The molecule has 5 aliphatic carbocycles. The quantitative estimate of drug-likeness (QED) is 0.410. The van der Waals surface area contributed by atoms with Crippen LogP contribution in [0.15, 0.2) is 11.6 Å². The van der Waals surface area contributed by atoms with Gasteiger partial charge >= 0.3 is 0 Å². The summed E-state index contributed by atoms with van der Waals surface area (Å²) in [6.45, 7) is 18.3. The third kappa shape index (κ3) is 2.49. The minimum atomic E-state index is -0.759. The monoisotopic (exact) mass is 518 g/mol. The zero-order chi connectivity index (χ0) is 27.9. The molecule has 0 radical (unpaired) electrons. The number of allylic oxidation sites excluding steroid dienone is 2. The molecule has 1 aliphatic heterocycles. The highest BCUT2D eigenvalue weighted by atomic mass is 16.2. The van der Waals surface area contributed by atoms with E-state index < -0.39 is 21.8 Å². The number of carbonyl (C=O) groups excluding carboxylic acids is 3. The summed E-state index contributed by atoms with van der Waals surface area (Å²) in [5.74, 6) is 0.635. The van der Waals surface area contributed by atoms with E-state index in [0.29, 0.717) is 13.0 Å². The molecule has 0 N–H and O–H groups in total. The summed E-state index contributed by atoms with van der Waals surface area (Å²) < 4.78 is 0. The van der Waals surface area contributed by atoms with Crippen LogP contribution < -0.4 is 0 Å². The predicted octanol–water partition coefficient (Wildman–Crippen LogP) is 6.27. The summed E-state index contributed by atoms with van der Waals surface area (Å²) in [7, 11) is 0. The van der Waals surface area contributed by atoms with E-state index in [9.17, 15) is 14.9 Å². The first kappa shape index (κ1) is 26.3. The Labute approximate surface area is 228 Å². The number of amides is 1. The third-order valence-corrected chi connectivity index (χ3v) is 14.1. The normalized spacial score (nSPS) is 50.3. The lowest BCUT2D eigenvalue weighted by Gasteiger charge is -2.73. The van der Waals surface area contributed by atoms with Crippen LogP contribution in [0.1, 0.15) is 107 Å². The molecule has 5 nitrogen and oxygen atoms in total. The topological polar surface area (TPSA) is 78.2 Å². The van der Waals surface area contributed by atoms with E-state index in [0.717, 1.165) is 44.9 Å². The lowest BCUT2D eigenvalue weighted by atomic mass is 9.30. The van der Waals surface area contributed by atoms with Crippen LogP contribution in [0.25, 0.3) is 0 Å². The highest BCUT2D eigenvalue weighted by Gasteiger charge is 2.83. The van der Waals surface area contributed by atoms with Crippen LogP contribution in [0.5, 0.6) is 0 Å². The van der Waals surface area contributed by atoms with Crippen molar-refractivity contribution < 1.29 is 14.4 Å². The van der Waals surface area contributed by atoms with Crippen LogP contribution in [-0.2, 0) is 14.4 Å². The van der Waals surface area contributed by atoms with Crippen molar-refractivity contribution in [2.75, 3.05) is 6.54 Å². The van der Waals surface area contributed by atoms with Gasteiger partial charge in [0.15, 0.2) is 11.6 Å². The summed E-state index contributed by atoms with van der Waals surface area (Å²) >= 11 is 0. The van der Waals surface area contributed by atoms with Crippen LogP contribution >= 0.6 is 0 Å². The summed E-state index contributed by atoms with van der Waals surface area (Å²) in [5, 5.41) is 9.96. The third-order valence-electron chi connectivity index (χ3n) is 14.1. The average molecular weight is 519 g/mol. The summed E-state index contributed by atoms with van der Waals surface area (Å²) in [5.41, 5.74) is -2.38. The molecule has 5 heteroatoms. The number of Topliss-reactive ketones (excluding diaryl/α,β-unsaturated/α-hetero) is 2. The Morgan fingerprint density at radius 3 is 2.21 bits per heavy atom. The largest absolute Gasteiger partial charge is 0.329 e. The van der Waals surface area contributed by atoms with E-state index in [1.54, 1.807) is 0 Å². The van der Waals surface area contributed by atoms with E-state index in [1.165, 1.54) is 0 Å². The van der Waals surface area contributed by atoms with Gasteiger partial charge in [-0.05, 0) is 80.0 Å². The van der Waals surface area contributed by atoms with Crippen LogP contribution in [-0.4, -0.2) is 34.5 Å². The number of rotatable bonds is 1. The molecule has 6 rings (SSSR count). The number of carbonyl (C=O) groups is 3. The highest BCUT2D eigenvalue weighted by molar-refractivity contribution is 6.05. The van der Waals surface area contributed by atoms with Gasteiger partial charge in [-0.15, -0.1) is 0 Å². The van der Waals surface area contributed by atoms with E-state index in [-0.39, 0.29) is 57.0 Å². The minimum Gasteiger partial charge on any atom is -0.329 e. The molecule has 206 valence electrons. The van der Waals surface area contributed by atoms with Crippen LogP contribution in [0.3, 0.4) is 0 Å². The Morgan fingerprint density at radius 2 is 1.58 bits per heavy atom. The molecule has 0 aromatic rings. The second kappa shape index (κ2) is 7.21. The number of ketones is 2. The molecule has 1 amide bonds. The SMILES string of the molecule is CCN1C(=O)[C@]23CCC(C)(C)CC2[C@]12C(=O)CC1[C@@]4(C)C=C(C#N)C(=O)C(C)(C)C4CC[C@@]1(C)[C@]2(C)CC3. The fourth-order valence-electron chi connectivity index (χ4n) is 12.1. The average Bonchev–Trinajstić information content (AvgIpc) is 3.00. The van der Waals surface area contributed by atoms with Gasteiger partial charge in [-0.25, -0.2) is 0 Å². The molecule has 0 aromatic heterocycles. The van der Waals surface area contributed by atoms with Crippen molar-refractivity contribution in [2.45, 2.75) is 112 Å². The number of likely N-dealkylation sites (tertiary alicyclic amines) is 1. The second-order valence-corrected chi connectivity index (χ2v) is 16.0. The van der Waals surface area contributed by atoms with Crippen molar-refractivity contribution in [2.24, 2.45) is 50.2 Å². The number of hydrogen-bond donors (Lipinski definition) is 0. The molecule has 0 aromatic carbocycles. The highest BCUT2D eigenvalue weighted by Crippen LogP contribution is 2.80. The number of likely N-dealkylation sites (N-methyl/N-ethyl adjacent to an activating group) is 1. The lowest BCUT2D eigenvalue weighted by Crippen LogP contribution is -2.77. The first-order valence-electron chi connectivity index (χ1n) is 15.1. The summed E-state index contributed by atoms with van der Waals surface area (Å²) in [6.07, 6.45) is 8.88. The van der Waals surface area contributed by atoms with E-state index in [2.05, 4.69) is 52.5 Å². The zero-order valence-electron chi connectivity index (χ0n) is 24.8. The van der Waals surface area contributed by atoms with Crippen molar-refractivity contribution in [1.29, 1.82) is 5.26 Å². The fraction of sp³-hybridized carbons (Fsp3) is 0.818. The van der Waals surface area contributed by atoms with E-state index in [1.807, 2.05) is 19.9 Å². The maximum absolute atomic E-state index is 15.0. The zero-order valence-corrected chi connectivity index (χ0v) is 24.8. The van der Waals surface area contributed by atoms with Crippen LogP contribution in [0.4, 0.5) is 0 Å². The van der Waals surface area contributed by atoms with Gasteiger partial charge in [0.05, 0.1) is 11.0 Å². The molecule has 1 saturated heterocycles. The molecular formula is C33H46N2O3. The molecule has 1 spiro atoms. The Morgan fingerprint density at radius 1 is 0.921 bits per heavy atom. The first-order chi connectivity index (χ1) is 17.5. The summed E-state index contributed by atoms with van der Waals surface area (Å²) in [6, 6.07) is 2.22. The van der Waals surface area contributed by atoms with Crippen molar-refractivity contribution in [1.82, 2.24) is 4.90 Å². The van der Waals surface area contributed by atoms with Crippen LogP contribution in [0, 0.1) is 61.6 Å². The molecule has 1 heterocycles. The Hall–Kier alpha value is -1.96. The maximum Gasteiger partial charge on any atom is 0.230 e. The molecule has 8 atom stereocenters. The molecule has 5 fully saturated rings. The maximum atomic E-state index is 15.0. The molecule has 2 bridgehead atoms. The number of nitriles is 1. The number of nitrogens with zero attached hydrogens (tertiary/aromatic N) is 2. The lowest BCUT2D eigenvalue weighted by molar-refractivity contribution is -0.233. The molecule has 3 unspecified atom stereocenters. The fourth-order valence-corrected chi connectivity index (χ4v) is 12.1. The molecular weight excluding hydrogens is 472 g/mol. The predicted molar refractivity (Wildman–Crippen MR) is 146 cm³/mol. The van der Waals surface area contributed by atoms with Gasteiger partial charge in [0, 0.05) is 29.7 Å². The van der Waals surface area contributed by atoms with Gasteiger partial charge in [-0.1, -0.05) is 54.5 Å². The van der Waals surface area contributed by atoms with Gasteiger partial charge in [-0.3, -0.25) is 14.4 Å². The Kier molecular flexibility index (Phi) is 4.99. The van der Waals surface area contributed by atoms with Gasteiger partial charge in [-0.2, -0.15) is 5.26 Å². The van der Waals surface area contributed by atoms with E-state index in [4.69, 9.17) is 0 Å². The van der Waals surface area contributed by atoms with Crippen molar-refractivity contribution in [3.05, 3.63) is 11.6 Å². The molecule has 4 saturated carbocycles. The minimum absolute atomic E-state index is 0.0334. The van der Waals surface area contributed by atoms with Crippen molar-refractivity contribution in [3.63, 3.8) is 0 Å². The molecule has 6 aliphatic rings. The number of fused-ring (bicyclic) bond motifs is 4. The van der Waals surface area contributed by atoms with Gasteiger partial charge in [0.1, 0.15) is 11.6 Å². The van der Waals surface area contributed by atoms with E-state index >= 15 is 4.79 Å². The Bertz CT molecular complexity index is 1240. The van der Waals surface area contributed by atoms with Crippen LogP contribution in [0.2, 0.25) is 0 Å². The van der Waals surface area contributed by atoms with Crippen molar-refractivity contribution >= 4 is 17.5 Å². The standard InChI is InChI=1S/C33H46N2O3/c1-9-35-26(38)32-14-12-27(2,3)18-23(32)33(35)24(36)16-22-29(6)17-20(19-34)25(37)28(4,5)21(29)10-11-30(22,7)31(33,8)13-15-32/h17,21-23H,9-16,18H2,1-8H3/t21?,22?,23?,29-,30+,31-,32-,33+/m0/s1.